The predicted octanol–water partition coefficient (Wildman–Crippen LogP) is 2.27. The van der Waals surface area contributed by atoms with Crippen molar-refractivity contribution < 1.29 is 9.53 Å². The van der Waals surface area contributed by atoms with E-state index >= 15 is 0 Å². The molecule has 142 valence electrons. The van der Waals surface area contributed by atoms with E-state index in [1.54, 1.807) is 12.4 Å². The summed E-state index contributed by atoms with van der Waals surface area (Å²) in [5.41, 5.74) is 1.17. The van der Waals surface area contributed by atoms with Crippen LogP contribution in [-0.4, -0.2) is 59.5 Å². The second-order valence-electron chi connectivity index (χ2n) is 7.29. The Morgan fingerprint density at radius 3 is 2.59 bits per heavy atom. The standard InChI is InChI=1S/C21H26N4O2/c26-21(23-18-7-8-18)16-25-12-10-24(11-13-25)15-17-4-1-2-6-20(17)27-19-5-3-9-22-14-19/h1-6,9,14,18H,7-8,10-13,15-16H2,(H,23,26). The number of ether oxygens (including phenoxy) is 1. The molecular weight excluding hydrogens is 340 g/mol. The third-order valence-electron chi connectivity index (χ3n) is 5.00. The first-order valence-corrected chi connectivity index (χ1v) is 9.66. The number of carbonyl (C=O) groups excluding carboxylic acids is 1. The normalized spacial score (nSPS) is 18.2. The van der Waals surface area contributed by atoms with Crippen molar-refractivity contribution in [1.82, 2.24) is 20.1 Å². The van der Waals surface area contributed by atoms with Crippen LogP contribution >= 0.6 is 0 Å². The molecule has 6 nitrogen and oxygen atoms in total. The van der Waals surface area contributed by atoms with Crippen molar-refractivity contribution in [1.29, 1.82) is 0 Å². The number of para-hydroxylation sites is 1. The first kappa shape index (κ1) is 17.9. The summed E-state index contributed by atoms with van der Waals surface area (Å²) in [6.45, 7) is 5.12. The van der Waals surface area contributed by atoms with Gasteiger partial charge in [0.1, 0.15) is 11.5 Å². The Labute approximate surface area is 160 Å². The van der Waals surface area contributed by atoms with Gasteiger partial charge >= 0.3 is 0 Å². The van der Waals surface area contributed by atoms with Gasteiger partial charge in [0.2, 0.25) is 5.91 Å². The largest absolute Gasteiger partial charge is 0.455 e. The molecule has 1 aliphatic heterocycles. The van der Waals surface area contributed by atoms with Crippen LogP contribution < -0.4 is 10.1 Å². The topological polar surface area (TPSA) is 57.7 Å². The number of piperazine rings is 1. The summed E-state index contributed by atoms with van der Waals surface area (Å²) in [7, 11) is 0. The van der Waals surface area contributed by atoms with Crippen LogP contribution in [0, 0.1) is 0 Å². The van der Waals surface area contributed by atoms with Gasteiger partial charge in [-0.1, -0.05) is 18.2 Å². The molecule has 1 N–H and O–H groups in total. The smallest absolute Gasteiger partial charge is 0.234 e. The number of aromatic nitrogens is 1. The third-order valence-corrected chi connectivity index (χ3v) is 5.00. The van der Waals surface area contributed by atoms with Gasteiger partial charge < -0.3 is 10.1 Å². The highest BCUT2D eigenvalue weighted by Gasteiger charge is 2.25. The molecule has 2 fully saturated rings. The summed E-state index contributed by atoms with van der Waals surface area (Å²) in [5, 5.41) is 3.07. The quantitative estimate of drug-likeness (QED) is 0.815. The number of hydrogen-bond donors (Lipinski definition) is 1. The molecule has 4 rings (SSSR count). The molecule has 1 aromatic heterocycles. The molecule has 1 saturated heterocycles. The number of hydrogen-bond acceptors (Lipinski definition) is 5. The Bertz CT molecular complexity index is 756. The summed E-state index contributed by atoms with van der Waals surface area (Å²) in [6.07, 6.45) is 5.74. The van der Waals surface area contributed by atoms with Crippen LogP contribution in [0.3, 0.4) is 0 Å². The molecule has 1 amide bonds. The lowest BCUT2D eigenvalue weighted by Crippen LogP contribution is -2.49. The fourth-order valence-electron chi connectivity index (χ4n) is 3.32. The highest BCUT2D eigenvalue weighted by atomic mass is 16.5. The zero-order valence-electron chi connectivity index (χ0n) is 15.5. The molecule has 1 aliphatic carbocycles. The molecule has 0 spiro atoms. The van der Waals surface area contributed by atoms with E-state index in [1.165, 1.54) is 5.56 Å². The predicted molar refractivity (Wildman–Crippen MR) is 104 cm³/mol. The second kappa shape index (κ2) is 8.50. The summed E-state index contributed by atoms with van der Waals surface area (Å²) in [5.74, 6) is 1.79. The first-order chi connectivity index (χ1) is 13.3. The van der Waals surface area contributed by atoms with Crippen LogP contribution in [0.4, 0.5) is 0 Å². The molecule has 0 bridgehead atoms. The number of rotatable bonds is 7. The monoisotopic (exact) mass is 366 g/mol. The number of benzene rings is 1. The van der Waals surface area contributed by atoms with Crippen molar-refractivity contribution in [2.45, 2.75) is 25.4 Å². The molecule has 0 unspecified atom stereocenters. The second-order valence-corrected chi connectivity index (χ2v) is 7.29. The zero-order valence-corrected chi connectivity index (χ0v) is 15.5. The van der Waals surface area contributed by atoms with E-state index in [9.17, 15) is 4.79 Å². The van der Waals surface area contributed by atoms with Crippen molar-refractivity contribution in [2.75, 3.05) is 32.7 Å². The van der Waals surface area contributed by atoms with Gasteiger partial charge in [-0.25, -0.2) is 0 Å². The van der Waals surface area contributed by atoms with Crippen LogP contribution in [0.5, 0.6) is 11.5 Å². The molecule has 2 heterocycles. The van der Waals surface area contributed by atoms with Crippen LogP contribution in [0.2, 0.25) is 0 Å². The molecule has 1 aromatic carbocycles. The molecule has 1 saturated carbocycles. The van der Waals surface area contributed by atoms with Crippen LogP contribution in [0.25, 0.3) is 0 Å². The van der Waals surface area contributed by atoms with Gasteiger partial charge in [0.05, 0.1) is 12.7 Å². The van der Waals surface area contributed by atoms with Gasteiger partial charge in [0.25, 0.3) is 0 Å². The van der Waals surface area contributed by atoms with Gasteiger partial charge in [0, 0.05) is 50.5 Å². The summed E-state index contributed by atoms with van der Waals surface area (Å²) in [6, 6.07) is 12.4. The minimum atomic E-state index is 0.168. The Kier molecular flexibility index (Phi) is 5.65. The number of carbonyl (C=O) groups is 1. The molecule has 2 aliphatic rings. The van der Waals surface area contributed by atoms with Crippen molar-refractivity contribution in [3.8, 4) is 11.5 Å². The third kappa shape index (κ3) is 5.28. The fraction of sp³-hybridized carbons (Fsp3) is 0.429. The fourth-order valence-corrected chi connectivity index (χ4v) is 3.32. The van der Waals surface area contributed by atoms with E-state index in [-0.39, 0.29) is 5.91 Å². The SMILES string of the molecule is O=C(CN1CCN(Cc2ccccc2Oc2cccnc2)CC1)NC1CC1. The first-order valence-electron chi connectivity index (χ1n) is 9.66. The van der Waals surface area contributed by atoms with E-state index in [4.69, 9.17) is 4.74 Å². The van der Waals surface area contributed by atoms with Crippen LogP contribution in [-0.2, 0) is 11.3 Å². The Morgan fingerprint density at radius 2 is 1.85 bits per heavy atom. The lowest BCUT2D eigenvalue weighted by atomic mass is 10.1. The van der Waals surface area contributed by atoms with Crippen LogP contribution in [0.1, 0.15) is 18.4 Å². The number of nitrogens with zero attached hydrogens (tertiary/aromatic N) is 3. The Balaban J connectivity index is 1.29. The van der Waals surface area contributed by atoms with Gasteiger partial charge in [0.15, 0.2) is 0 Å². The number of nitrogens with one attached hydrogen (secondary N) is 1. The van der Waals surface area contributed by atoms with E-state index in [0.29, 0.717) is 12.6 Å². The Hall–Kier alpha value is -2.44. The van der Waals surface area contributed by atoms with Crippen molar-refractivity contribution >= 4 is 5.91 Å². The molecule has 27 heavy (non-hydrogen) atoms. The molecule has 6 heteroatoms. The summed E-state index contributed by atoms with van der Waals surface area (Å²) < 4.78 is 6.02. The van der Waals surface area contributed by atoms with E-state index in [1.807, 2.05) is 30.3 Å². The van der Waals surface area contributed by atoms with Crippen LogP contribution in [0.15, 0.2) is 48.8 Å². The van der Waals surface area contributed by atoms with Gasteiger partial charge in [-0.15, -0.1) is 0 Å². The molecule has 2 aromatic rings. The van der Waals surface area contributed by atoms with Gasteiger partial charge in [-0.05, 0) is 31.0 Å². The highest BCUT2D eigenvalue weighted by Crippen LogP contribution is 2.26. The maximum absolute atomic E-state index is 12.0. The minimum Gasteiger partial charge on any atom is -0.455 e. The van der Waals surface area contributed by atoms with Crippen molar-refractivity contribution in [2.24, 2.45) is 0 Å². The van der Waals surface area contributed by atoms with Crippen molar-refractivity contribution in [3.05, 3.63) is 54.4 Å². The van der Waals surface area contributed by atoms with E-state index in [2.05, 4.69) is 26.2 Å². The van der Waals surface area contributed by atoms with E-state index in [0.717, 1.165) is 57.1 Å². The molecule has 0 radical (unpaired) electrons. The van der Waals surface area contributed by atoms with E-state index < -0.39 is 0 Å². The van der Waals surface area contributed by atoms with Gasteiger partial charge in [-0.3, -0.25) is 19.6 Å². The van der Waals surface area contributed by atoms with Crippen molar-refractivity contribution in [3.63, 3.8) is 0 Å². The Morgan fingerprint density at radius 1 is 1.07 bits per heavy atom. The summed E-state index contributed by atoms with van der Waals surface area (Å²) in [4.78, 5) is 20.7. The molecular formula is C21H26N4O2. The number of pyridine rings is 1. The maximum Gasteiger partial charge on any atom is 0.234 e. The lowest BCUT2D eigenvalue weighted by Gasteiger charge is -2.34. The highest BCUT2D eigenvalue weighted by molar-refractivity contribution is 5.78. The van der Waals surface area contributed by atoms with Gasteiger partial charge in [-0.2, -0.15) is 0 Å². The average molecular weight is 366 g/mol. The summed E-state index contributed by atoms with van der Waals surface area (Å²) >= 11 is 0. The zero-order chi connectivity index (χ0) is 18.5. The minimum absolute atomic E-state index is 0.168. The average Bonchev–Trinajstić information content (AvgIpc) is 3.50. The maximum atomic E-state index is 12.0. The molecule has 0 atom stereocenters. The lowest BCUT2D eigenvalue weighted by molar-refractivity contribution is -0.122. The number of amides is 1.